The van der Waals surface area contributed by atoms with Crippen LogP contribution in [0.25, 0.3) is 10.6 Å². The first kappa shape index (κ1) is 15.3. The lowest BCUT2D eigenvalue weighted by Crippen LogP contribution is -2.11. The van der Waals surface area contributed by atoms with Crippen molar-refractivity contribution < 1.29 is 14.3 Å². The second-order valence-electron chi connectivity index (χ2n) is 5.28. The number of thiazole rings is 1. The van der Waals surface area contributed by atoms with E-state index in [1.807, 2.05) is 24.3 Å². The lowest BCUT2D eigenvalue weighted by Gasteiger charge is -2.05. The molecule has 25 heavy (non-hydrogen) atoms. The van der Waals surface area contributed by atoms with Gasteiger partial charge in [0.15, 0.2) is 23.2 Å². The molecule has 7 heteroatoms. The molecular formula is C18H11N3O3S. The van der Waals surface area contributed by atoms with Crippen molar-refractivity contribution >= 4 is 17.1 Å². The zero-order chi connectivity index (χ0) is 17.2. The Bertz CT molecular complexity index is 979. The fourth-order valence-electron chi connectivity index (χ4n) is 2.50. The highest BCUT2D eigenvalue weighted by Crippen LogP contribution is 2.37. The number of hydrogen-bond acceptors (Lipinski definition) is 7. The molecule has 0 saturated carbocycles. The third kappa shape index (κ3) is 2.84. The quantitative estimate of drug-likeness (QED) is 0.671. The summed E-state index contributed by atoms with van der Waals surface area (Å²) in [6.07, 6.45) is 3.07. The van der Waals surface area contributed by atoms with Gasteiger partial charge in [-0.1, -0.05) is 6.07 Å². The molecule has 0 bridgehead atoms. The number of carbonyl (C=O) groups excluding carboxylic acids is 1. The zero-order valence-corrected chi connectivity index (χ0v) is 13.7. The largest absolute Gasteiger partial charge is 0.454 e. The lowest BCUT2D eigenvalue weighted by molar-refractivity contribution is 0.0981. The topological polar surface area (TPSA) is 85.1 Å². The molecule has 0 radical (unpaired) electrons. The predicted octanol–water partition coefficient (Wildman–Crippen LogP) is 3.42. The lowest BCUT2D eigenvalue weighted by atomic mass is 10.0. The van der Waals surface area contributed by atoms with E-state index < -0.39 is 5.92 Å². The molecule has 0 unspecified atom stereocenters. The van der Waals surface area contributed by atoms with Gasteiger partial charge in [-0.2, -0.15) is 5.26 Å². The molecule has 0 spiro atoms. The summed E-state index contributed by atoms with van der Waals surface area (Å²) in [6.45, 7) is 0.203. The molecule has 1 aromatic carbocycles. The van der Waals surface area contributed by atoms with Gasteiger partial charge in [0, 0.05) is 18.0 Å². The molecule has 0 amide bonds. The number of benzene rings is 1. The minimum atomic E-state index is -0.939. The number of ketones is 1. The van der Waals surface area contributed by atoms with Crippen LogP contribution in [-0.4, -0.2) is 22.5 Å². The van der Waals surface area contributed by atoms with E-state index >= 15 is 0 Å². The Hall–Kier alpha value is -3.24. The first-order chi connectivity index (χ1) is 12.3. The standard InChI is InChI=1S/C18H11N3O3S/c19-8-12(13-3-1-2-6-20-13)17(22)16-9-21-18(25-16)11-4-5-14-15(7-11)24-10-23-14/h1-7,9,12H,10H2/t12-/m0/s1. The average molecular weight is 349 g/mol. The summed E-state index contributed by atoms with van der Waals surface area (Å²) in [5.74, 6) is 0.109. The van der Waals surface area contributed by atoms with Crippen molar-refractivity contribution in [3.05, 3.63) is 59.4 Å². The number of carbonyl (C=O) groups is 1. The Kier molecular flexibility index (Phi) is 3.88. The van der Waals surface area contributed by atoms with Crippen molar-refractivity contribution in [1.82, 2.24) is 9.97 Å². The minimum absolute atomic E-state index is 0.203. The van der Waals surface area contributed by atoms with E-state index in [0.717, 1.165) is 5.56 Å². The fourth-order valence-corrected chi connectivity index (χ4v) is 3.38. The van der Waals surface area contributed by atoms with Gasteiger partial charge in [-0.05, 0) is 30.3 Å². The molecule has 1 atom stereocenters. The second-order valence-corrected chi connectivity index (χ2v) is 6.31. The van der Waals surface area contributed by atoms with E-state index in [1.165, 1.54) is 17.5 Å². The van der Waals surface area contributed by atoms with Gasteiger partial charge in [0.05, 0.1) is 16.6 Å². The zero-order valence-electron chi connectivity index (χ0n) is 12.9. The Labute approximate surface area is 147 Å². The minimum Gasteiger partial charge on any atom is -0.454 e. The van der Waals surface area contributed by atoms with Crippen LogP contribution in [0, 0.1) is 11.3 Å². The van der Waals surface area contributed by atoms with Crippen molar-refractivity contribution in [2.45, 2.75) is 5.92 Å². The van der Waals surface area contributed by atoms with Crippen LogP contribution in [0.4, 0.5) is 0 Å². The number of nitrogens with zero attached hydrogens (tertiary/aromatic N) is 3. The van der Waals surface area contributed by atoms with Gasteiger partial charge in [-0.3, -0.25) is 9.78 Å². The van der Waals surface area contributed by atoms with E-state index in [0.29, 0.717) is 27.1 Å². The molecule has 0 saturated heterocycles. The monoisotopic (exact) mass is 349 g/mol. The highest BCUT2D eigenvalue weighted by atomic mass is 32.1. The van der Waals surface area contributed by atoms with Crippen LogP contribution in [0.3, 0.4) is 0 Å². The van der Waals surface area contributed by atoms with Gasteiger partial charge >= 0.3 is 0 Å². The summed E-state index contributed by atoms with van der Waals surface area (Å²) in [5, 5.41) is 10.1. The third-order valence-electron chi connectivity index (χ3n) is 3.74. The second kappa shape index (κ2) is 6.34. The van der Waals surface area contributed by atoms with E-state index in [9.17, 15) is 10.1 Å². The molecule has 1 aliphatic rings. The smallest absolute Gasteiger partial charge is 0.231 e. The molecular weight excluding hydrogens is 338 g/mol. The maximum Gasteiger partial charge on any atom is 0.231 e. The maximum absolute atomic E-state index is 12.7. The number of pyridine rings is 1. The van der Waals surface area contributed by atoms with Crippen LogP contribution in [0.1, 0.15) is 21.3 Å². The molecule has 4 rings (SSSR count). The normalized spacial score (nSPS) is 13.2. The Morgan fingerprint density at radius 2 is 2.08 bits per heavy atom. The summed E-state index contributed by atoms with van der Waals surface area (Å²) in [6, 6.07) is 12.7. The predicted molar refractivity (Wildman–Crippen MR) is 90.6 cm³/mol. The number of rotatable bonds is 4. The van der Waals surface area contributed by atoms with Crippen LogP contribution in [0.2, 0.25) is 0 Å². The van der Waals surface area contributed by atoms with E-state index in [1.54, 1.807) is 24.4 Å². The van der Waals surface area contributed by atoms with Gasteiger partial charge < -0.3 is 9.47 Å². The Morgan fingerprint density at radius 3 is 2.88 bits per heavy atom. The molecule has 1 aliphatic heterocycles. The van der Waals surface area contributed by atoms with Crippen molar-refractivity contribution in [1.29, 1.82) is 5.26 Å². The highest BCUT2D eigenvalue weighted by Gasteiger charge is 2.25. The van der Waals surface area contributed by atoms with Gasteiger partial charge in [0.1, 0.15) is 5.01 Å². The number of hydrogen-bond donors (Lipinski definition) is 0. The molecule has 3 heterocycles. The first-order valence-electron chi connectivity index (χ1n) is 7.47. The third-order valence-corrected chi connectivity index (χ3v) is 4.80. The molecule has 0 N–H and O–H groups in total. The van der Waals surface area contributed by atoms with Crippen molar-refractivity contribution in [2.24, 2.45) is 0 Å². The van der Waals surface area contributed by atoms with Crippen LogP contribution in [-0.2, 0) is 0 Å². The Balaban J connectivity index is 1.63. The van der Waals surface area contributed by atoms with Crippen molar-refractivity contribution in [2.75, 3.05) is 6.79 Å². The number of Topliss-reactive ketones (excluding diaryl/α,β-unsaturated/α-hetero) is 1. The Morgan fingerprint density at radius 1 is 1.20 bits per heavy atom. The van der Waals surface area contributed by atoms with Crippen molar-refractivity contribution in [3.63, 3.8) is 0 Å². The maximum atomic E-state index is 12.7. The van der Waals surface area contributed by atoms with Crippen LogP contribution in [0.15, 0.2) is 48.8 Å². The number of fused-ring (bicyclic) bond motifs is 1. The molecule has 6 nitrogen and oxygen atoms in total. The summed E-state index contributed by atoms with van der Waals surface area (Å²) < 4.78 is 10.7. The van der Waals surface area contributed by atoms with Gasteiger partial charge in [-0.25, -0.2) is 4.98 Å². The van der Waals surface area contributed by atoms with Crippen LogP contribution >= 0.6 is 11.3 Å². The summed E-state index contributed by atoms with van der Waals surface area (Å²) in [4.78, 5) is 21.5. The number of ether oxygens (including phenoxy) is 2. The average Bonchev–Trinajstić information content (AvgIpc) is 3.32. The van der Waals surface area contributed by atoms with Crippen LogP contribution in [0.5, 0.6) is 11.5 Å². The molecule has 0 aliphatic carbocycles. The van der Waals surface area contributed by atoms with Gasteiger partial charge in [0.2, 0.25) is 6.79 Å². The summed E-state index contributed by atoms with van der Waals surface area (Å²) >= 11 is 1.24. The SMILES string of the molecule is N#C[C@H](C(=O)c1cnc(-c2ccc3c(c2)OCO3)s1)c1ccccn1. The number of aromatic nitrogens is 2. The highest BCUT2D eigenvalue weighted by molar-refractivity contribution is 7.17. The van der Waals surface area contributed by atoms with E-state index in [2.05, 4.69) is 9.97 Å². The van der Waals surface area contributed by atoms with Crippen LogP contribution < -0.4 is 9.47 Å². The van der Waals surface area contributed by atoms with E-state index in [-0.39, 0.29) is 12.6 Å². The molecule has 0 fully saturated rings. The molecule has 122 valence electrons. The van der Waals surface area contributed by atoms with Crippen molar-refractivity contribution in [3.8, 4) is 28.1 Å². The molecule has 3 aromatic rings. The summed E-state index contributed by atoms with van der Waals surface area (Å²) in [5.41, 5.74) is 1.27. The molecule has 2 aromatic heterocycles. The van der Waals surface area contributed by atoms with E-state index in [4.69, 9.17) is 9.47 Å². The fraction of sp³-hybridized carbons (Fsp3) is 0.111. The first-order valence-corrected chi connectivity index (χ1v) is 8.28. The number of nitriles is 1. The van der Waals surface area contributed by atoms with Gasteiger partial charge in [0.25, 0.3) is 0 Å². The summed E-state index contributed by atoms with van der Waals surface area (Å²) in [7, 11) is 0. The van der Waals surface area contributed by atoms with Gasteiger partial charge in [-0.15, -0.1) is 11.3 Å².